The van der Waals surface area contributed by atoms with E-state index in [0.717, 1.165) is 0 Å². The van der Waals surface area contributed by atoms with E-state index in [4.69, 9.17) is 0 Å². The Morgan fingerprint density at radius 3 is 1.50 bits per heavy atom. The molecule has 0 aliphatic heterocycles. The molecule has 0 fully saturated rings. The predicted octanol–water partition coefficient (Wildman–Crippen LogP) is 16.5. The van der Waals surface area contributed by atoms with Gasteiger partial charge in [-0.1, -0.05) is 188 Å². The summed E-state index contributed by atoms with van der Waals surface area (Å²) in [7, 11) is 0. The van der Waals surface area contributed by atoms with E-state index in [1.54, 1.807) is 0 Å². The molecule has 0 radical (unpaired) electrons. The highest BCUT2D eigenvalue weighted by atomic mass is 14.3. The van der Waals surface area contributed by atoms with Crippen LogP contribution in [0.1, 0.15) is 0 Å². The average Bonchev–Trinajstić information content (AvgIpc) is 3.79. The summed E-state index contributed by atoms with van der Waals surface area (Å²) in [5, 5.41) is 21.0. The van der Waals surface area contributed by atoms with Crippen molar-refractivity contribution < 1.29 is 0 Å². The summed E-state index contributed by atoms with van der Waals surface area (Å²) in [6, 6.07) is 76.9. The fourth-order valence-electron chi connectivity index (χ4n) is 10.6. The number of hydrogen-bond donors (Lipinski definition) is 0. The van der Waals surface area contributed by atoms with Gasteiger partial charge >= 0.3 is 0 Å². The monoisotopic (exact) mass is 730 g/mol. The van der Waals surface area contributed by atoms with Gasteiger partial charge in [0.2, 0.25) is 0 Å². The van der Waals surface area contributed by atoms with Crippen LogP contribution in [0, 0.1) is 0 Å². The van der Waals surface area contributed by atoms with Crippen molar-refractivity contribution >= 4 is 86.2 Å². The fraction of sp³-hybridized carbons (Fsp3) is 0. The smallest absolute Gasteiger partial charge is 0.000697 e. The molecule has 0 saturated carbocycles. The molecule has 58 heavy (non-hydrogen) atoms. The van der Waals surface area contributed by atoms with Crippen LogP contribution >= 0.6 is 0 Å². The van der Waals surface area contributed by atoms with Gasteiger partial charge in [0.05, 0.1) is 0 Å². The van der Waals surface area contributed by atoms with Gasteiger partial charge in [0.1, 0.15) is 0 Å². The van der Waals surface area contributed by atoms with Crippen LogP contribution in [0.15, 0.2) is 206 Å². The number of hydrogen-bond acceptors (Lipinski definition) is 0. The van der Waals surface area contributed by atoms with E-state index in [-0.39, 0.29) is 0 Å². The molecular formula is C58H34. The Kier molecular flexibility index (Phi) is 6.54. The van der Waals surface area contributed by atoms with Gasteiger partial charge in [-0.3, -0.25) is 0 Å². The molecule has 0 atom stereocenters. The van der Waals surface area contributed by atoms with Crippen molar-refractivity contribution in [2.24, 2.45) is 0 Å². The lowest BCUT2D eigenvalue weighted by Crippen LogP contribution is -1.91. The van der Waals surface area contributed by atoms with Crippen LogP contribution in [0.3, 0.4) is 0 Å². The van der Waals surface area contributed by atoms with Crippen molar-refractivity contribution in [3.05, 3.63) is 206 Å². The molecule has 266 valence electrons. The minimum atomic E-state index is 1.24. The molecule has 0 aromatic heterocycles. The molecule has 0 heterocycles. The lowest BCUT2D eigenvalue weighted by Gasteiger charge is -2.19. The van der Waals surface area contributed by atoms with Crippen molar-refractivity contribution in [3.63, 3.8) is 0 Å². The van der Waals surface area contributed by atoms with E-state index in [1.807, 2.05) is 0 Å². The molecule has 0 N–H and O–H groups in total. The summed E-state index contributed by atoms with van der Waals surface area (Å²) < 4.78 is 0. The Morgan fingerprint density at radius 2 is 0.759 bits per heavy atom. The van der Waals surface area contributed by atoms with E-state index in [1.165, 1.54) is 131 Å². The highest BCUT2D eigenvalue weighted by Crippen LogP contribution is 2.56. The molecule has 0 spiro atoms. The predicted molar refractivity (Wildman–Crippen MR) is 251 cm³/mol. The quantitative estimate of drug-likeness (QED) is 0.158. The van der Waals surface area contributed by atoms with Gasteiger partial charge in [-0.15, -0.1) is 0 Å². The second-order valence-electron chi connectivity index (χ2n) is 15.9. The normalized spacial score (nSPS) is 12.1. The van der Waals surface area contributed by atoms with Crippen molar-refractivity contribution in [1.29, 1.82) is 0 Å². The van der Waals surface area contributed by atoms with Crippen molar-refractivity contribution in [1.82, 2.24) is 0 Å². The van der Waals surface area contributed by atoms with E-state index < -0.39 is 0 Å². The first-order chi connectivity index (χ1) is 28.8. The van der Waals surface area contributed by atoms with Crippen LogP contribution in [0.4, 0.5) is 0 Å². The minimum absolute atomic E-state index is 1.24. The van der Waals surface area contributed by atoms with Gasteiger partial charge in [-0.25, -0.2) is 0 Å². The van der Waals surface area contributed by atoms with Gasteiger partial charge in [0.15, 0.2) is 0 Å². The SMILES string of the molecule is c1ccc(-c2ccc3c(c2)c2cc4c(-c5ccccc5)c5c6ccc(-c7ccccc7)c7c8ccccc8cc(c5c(-c5ccccc5)c4c4cccc3c24)c67)cc1. The van der Waals surface area contributed by atoms with E-state index in [0.29, 0.717) is 0 Å². The van der Waals surface area contributed by atoms with Gasteiger partial charge < -0.3 is 0 Å². The summed E-state index contributed by atoms with van der Waals surface area (Å²) >= 11 is 0. The summed E-state index contributed by atoms with van der Waals surface area (Å²) in [4.78, 5) is 0. The molecule has 0 heteroatoms. The Labute approximate surface area is 335 Å². The fourth-order valence-corrected chi connectivity index (χ4v) is 10.6. The molecule has 13 rings (SSSR count). The van der Waals surface area contributed by atoms with Crippen LogP contribution in [0.2, 0.25) is 0 Å². The molecule has 0 bridgehead atoms. The van der Waals surface area contributed by atoms with Gasteiger partial charge in [0.25, 0.3) is 0 Å². The maximum Gasteiger partial charge on any atom is -0.000697 e. The topological polar surface area (TPSA) is 0 Å². The zero-order chi connectivity index (χ0) is 37.9. The standard InChI is InChI=1S/C58H34/c1-5-16-35(17-6-1)39-28-29-43-44-26-15-27-45-53(44)48(47(43)32-39)34-50-51(37-20-9-3-10-21-37)57-46-31-30-42(36-18-7-2-8-19-36)54-41-25-14-13-24-40(41)33-49(56(46)54)58(57)52(55(45)50)38-22-11-4-12-23-38/h1-34H. The van der Waals surface area contributed by atoms with Crippen LogP contribution in [0.25, 0.3) is 131 Å². The first-order valence-electron chi connectivity index (χ1n) is 20.3. The van der Waals surface area contributed by atoms with Crippen molar-refractivity contribution in [2.45, 2.75) is 0 Å². The summed E-state index contributed by atoms with van der Waals surface area (Å²) in [5.74, 6) is 0. The molecule has 0 saturated heterocycles. The van der Waals surface area contributed by atoms with Gasteiger partial charge in [-0.2, -0.15) is 0 Å². The highest BCUT2D eigenvalue weighted by molar-refractivity contribution is 6.46. The van der Waals surface area contributed by atoms with Crippen LogP contribution < -0.4 is 0 Å². The summed E-state index contributed by atoms with van der Waals surface area (Å²) in [6.07, 6.45) is 0. The first-order valence-corrected chi connectivity index (χ1v) is 20.3. The Morgan fingerprint density at radius 1 is 0.190 bits per heavy atom. The second kappa shape index (κ2) is 12.0. The van der Waals surface area contributed by atoms with E-state index in [2.05, 4.69) is 206 Å². The maximum absolute atomic E-state index is 2.55. The Bertz CT molecular complexity index is 3730. The molecule has 0 unspecified atom stereocenters. The molecule has 0 aliphatic rings. The van der Waals surface area contributed by atoms with Crippen molar-refractivity contribution in [3.8, 4) is 44.5 Å². The minimum Gasteiger partial charge on any atom is -0.0622 e. The van der Waals surface area contributed by atoms with Gasteiger partial charge in [0, 0.05) is 0 Å². The third kappa shape index (κ3) is 4.29. The maximum atomic E-state index is 2.55. The van der Waals surface area contributed by atoms with Gasteiger partial charge in [-0.05, 0) is 149 Å². The molecular weight excluding hydrogens is 697 g/mol. The molecule has 13 aromatic carbocycles. The highest BCUT2D eigenvalue weighted by Gasteiger charge is 2.27. The number of benzene rings is 11. The Hall–Kier alpha value is -7.54. The summed E-state index contributed by atoms with van der Waals surface area (Å²) in [6.45, 7) is 0. The zero-order valence-corrected chi connectivity index (χ0v) is 31.6. The molecule has 0 amide bonds. The third-order valence-electron chi connectivity index (χ3n) is 12.9. The summed E-state index contributed by atoms with van der Waals surface area (Å²) in [5.41, 5.74) is 10.1. The lowest BCUT2D eigenvalue weighted by atomic mass is 9.83. The number of fused-ring (bicyclic) bond motifs is 10. The molecule has 0 aliphatic carbocycles. The Balaban J connectivity index is 1.32. The van der Waals surface area contributed by atoms with E-state index in [9.17, 15) is 0 Å². The van der Waals surface area contributed by atoms with E-state index >= 15 is 0 Å². The average molecular weight is 731 g/mol. The van der Waals surface area contributed by atoms with Crippen molar-refractivity contribution in [2.75, 3.05) is 0 Å². The second-order valence-corrected chi connectivity index (χ2v) is 15.9. The molecule has 13 aromatic rings. The third-order valence-corrected chi connectivity index (χ3v) is 12.9. The zero-order valence-electron chi connectivity index (χ0n) is 31.6. The largest absolute Gasteiger partial charge is 0.0622 e. The molecule has 0 nitrogen and oxygen atoms in total. The van der Waals surface area contributed by atoms with Crippen LogP contribution in [0.5, 0.6) is 0 Å². The first kappa shape index (κ1) is 31.6. The number of rotatable bonds is 4. The van der Waals surface area contributed by atoms with Crippen LogP contribution in [-0.2, 0) is 0 Å². The lowest BCUT2D eigenvalue weighted by molar-refractivity contribution is 1.66. The van der Waals surface area contributed by atoms with Crippen LogP contribution in [-0.4, -0.2) is 0 Å².